The lowest BCUT2D eigenvalue weighted by atomic mass is 9.89. The average molecular weight is 665 g/mol. The summed E-state index contributed by atoms with van der Waals surface area (Å²) < 4.78 is 2.40. The number of benzene rings is 5. The number of Topliss-reactive ketones (excluding diaryl/α,β-unsaturated/α-hetero) is 1. The second kappa shape index (κ2) is 14.6. The number of rotatable bonds is 12. The van der Waals surface area contributed by atoms with E-state index in [-0.39, 0.29) is 17.3 Å². The van der Waals surface area contributed by atoms with Crippen LogP contribution in [-0.2, 0) is 16.2 Å². The highest BCUT2D eigenvalue weighted by Gasteiger charge is 2.25. The number of ketones is 2. The van der Waals surface area contributed by atoms with Gasteiger partial charge >= 0.3 is 5.97 Å². The molecule has 0 N–H and O–H groups in total. The zero-order chi connectivity index (χ0) is 35.5. The van der Waals surface area contributed by atoms with Crippen LogP contribution in [0.4, 0.5) is 0 Å². The topological polar surface area (TPSA) is 77.7 Å². The van der Waals surface area contributed by atoms with Crippen molar-refractivity contribution >= 4 is 55.8 Å². The Labute approximate surface area is 293 Å². The van der Waals surface area contributed by atoms with E-state index in [0.29, 0.717) is 22.6 Å². The standard InChI is InChI=1S/C44H44N2O4/c1-7-9-15-31(8-2)26-46-39-21-20-33(43(48)41(45-50-30(6)47)32-16-11-10-12-17-32)24-36(39)37-25-38(34-18-13-14-19-35(34)42(37)46)44(49)40-28(4)22-27(3)23-29(40)5/h10-14,16-25,31H,7-9,15,26H2,1-6H3/b45-41-. The molecule has 0 saturated carbocycles. The van der Waals surface area contributed by atoms with Gasteiger partial charge in [-0.2, -0.15) is 0 Å². The van der Waals surface area contributed by atoms with E-state index in [4.69, 9.17) is 4.84 Å². The van der Waals surface area contributed by atoms with Crippen LogP contribution in [0.3, 0.4) is 0 Å². The van der Waals surface area contributed by atoms with E-state index >= 15 is 0 Å². The molecule has 1 aromatic heterocycles. The summed E-state index contributed by atoms with van der Waals surface area (Å²) in [4.78, 5) is 45.5. The van der Waals surface area contributed by atoms with Crippen molar-refractivity contribution < 1.29 is 19.2 Å². The van der Waals surface area contributed by atoms with Crippen LogP contribution in [0.25, 0.3) is 32.6 Å². The van der Waals surface area contributed by atoms with E-state index in [1.54, 1.807) is 12.1 Å². The zero-order valence-electron chi connectivity index (χ0n) is 29.8. The summed E-state index contributed by atoms with van der Waals surface area (Å²) in [5.41, 5.74) is 7.45. The van der Waals surface area contributed by atoms with Gasteiger partial charge < -0.3 is 9.40 Å². The van der Waals surface area contributed by atoms with Gasteiger partial charge in [-0.15, -0.1) is 0 Å². The second-order valence-electron chi connectivity index (χ2n) is 13.4. The molecule has 1 heterocycles. The number of hydrogen-bond donors (Lipinski definition) is 0. The third kappa shape index (κ3) is 6.62. The molecule has 0 bridgehead atoms. The molecule has 6 aromatic rings. The molecule has 0 fully saturated rings. The number of aromatic nitrogens is 1. The summed E-state index contributed by atoms with van der Waals surface area (Å²) in [5, 5.41) is 7.71. The van der Waals surface area contributed by atoms with Crippen LogP contribution in [-0.4, -0.2) is 27.8 Å². The molecule has 0 spiro atoms. The molecule has 1 atom stereocenters. The Bertz CT molecular complexity index is 2270. The first-order valence-electron chi connectivity index (χ1n) is 17.6. The van der Waals surface area contributed by atoms with Gasteiger partial charge in [0.05, 0.1) is 5.52 Å². The average Bonchev–Trinajstić information content (AvgIpc) is 3.41. The summed E-state index contributed by atoms with van der Waals surface area (Å²) in [6, 6.07) is 29.1. The third-order valence-corrected chi connectivity index (χ3v) is 9.79. The van der Waals surface area contributed by atoms with Crippen molar-refractivity contribution in [3.05, 3.63) is 130 Å². The predicted molar refractivity (Wildman–Crippen MR) is 203 cm³/mol. The van der Waals surface area contributed by atoms with Crippen molar-refractivity contribution in [1.82, 2.24) is 4.57 Å². The summed E-state index contributed by atoms with van der Waals surface area (Å²) in [7, 11) is 0. The molecular weight excluding hydrogens is 620 g/mol. The minimum absolute atomic E-state index is 0.0134. The van der Waals surface area contributed by atoms with Gasteiger partial charge in [0.15, 0.2) is 11.5 Å². The Morgan fingerprint density at radius 3 is 2.10 bits per heavy atom. The van der Waals surface area contributed by atoms with Crippen LogP contribution in [0.2, 0.25) is 0 Å². The van der Waals surface area contributed by atoms with E-state index < -0.39 is 5.97 Å². The normalized spacial score (nSPS) is 12.5. The van der Waals surface area contributed by atoms with E-state index in [9.17, 15) is 14.4 Å². The van der Waals surface area contributed by atoms with Gasteiger partial charge in [0.2, 0.25) is 5.78 Å². The van der Waals surface area contributed by atoms with Gasteiger partial charge in [0, 0.05) is 57.4 Å². The SMILES string of the molecule is CCCCC(CC)Cn1c2ccc(C(=O)/C(=N\OC(C)=O)c3ccccc3)cc2c2cc(C(=O)c3c(C)cc(C)cc3C)c3ccccc3c21. The molecule has 6 nitrogen and oxygen atoms in total. The van der Waals surface area contributed by atoms with Crippen LogP contribution in [0.15, 0.2) is 96.2 Å². The monoisotopic (exact) mass is 664 g/mol. The third-order valence-electron chi connectivity index (χ3n) is 9.79. The summed E-state index contributed by atoms with van der Waals surface area (Å²) in [6.45, 7) is 12.6. The van der Waals surface area contributed by atoms with Crippen molar-refractivity contribution in [3.63, 3.8) is 0 Å². The maximum Gasteiger partial charge on any atom is 0.332 e. The Kier molecular flexibility index (Phi) is 10.1. The van der Waals surface area contributed by atoms with Crippen LogP contribution in [0, 0.1) is 26.7 Å². The van der Waals surface area contributed by atoms with E-state index in [0.717, 1.165) is 87.1 Å². The largest absolute Gasteiger partial charge is 0.340 e. The first-order chi connectivity index (χ1) is 24.1. The Morgan fingerprint density at radius 2 is 1.44 bits per heavy atom. The maximum atomic E-state index is 14.6. The first kappa shape index (κ1) is 34.5. The molecule has 0 radical (unpaired) electrons. The highest BCUT2D eigenvalue weighted by atomic mass is 16.7. The molecule has 5 aromatic carbocycles. The molecule has 0 saturated heterocycles. The van der Waals surface area contributed by atoms with Gasteiger partial charge in [0.25, 0.3) is 0 Å². The van der Waals surface area contributed by atoms with Gasteiger partial charge in [-0.05, 0) is 73.9 Å². The van der Waals surface area contributed by atoms with Crippen molar-refractivity contribution in [3.8, 4) is 0 Å². The van der Waals surface area contributed by atoms with Crippen molar-refractivity contribution in [2.24, 2.45) is 11.1 Å². The number of fused-ring (bicyclic) bond motifs is 5. The number of oxime groups is 1. The molecule has 0 aliphatic rings. The van der Waals surface area contributed by atoms with Gasteiger partial charge in [-0.3, -0.25) is 9.59 Å². The molecular formula is C44H44N2O4. The fraction of sp³-hybridized carbons (Fsp3) is 0.273. The zero-order valence-corrected chi connectivity index (χ0v) is 29.8. The smallest absolute Gasteiger partial charge is 0.332 e. The van der Waals surface area contributed by atoms with Gasteiger partial charge in [-0.1, -0.05) is 111 Å². The molecule has 254 valence electrons. The van der Waals surface area contributed by atoms with Crippen molar-refractivity contribution in [2.75, 3.05) is 0 Å². The fourth-order valence-corrected chi connectivity index (χ4v) is 7.40. The Hall–Kier alpha value is -5.36. The number of aryl methyl sites for hydroxylation is 3. The first-order valence-corrected chi connectivity index (χ1v) is 17.6. The summed E-state index contributed by atoms with van der Waals surface area (Å²) in [6.07, 6.45) is 4.47. The number of nitrogens with zero attached hydrogens (tertiary/aromatic N) is 2. The number of unbranched alkanes of at least 4 members (excludes halogenated alkanes) is 1. The summed E-state index contributed by atoms with van der Waals surface area (Å²) >= 11 is 0. The maximum absolute atomic E-state index is 14.6. The molecule has 1 unspecified atom stereocenters. The number of hydrogen-bond acceptors (Lipinski definition) is 5. The minimum atomic E-state index is -0.610. The van der Waals surface area contributed by atoms with Crippen LogP contribution >= 0.6 is 0 Å². The minimum Gasteiger partial charge on any atom is -0.340 e. The van der Waals surface area contributed by atoms with Crippen LogP contribution < -0.4 is 0 Å². The quantitative estimate of drug-likeness (QED) is 0.0564. The predicted octanol–water partition coefficient (Wildman–Crippen LogP) is 10.5. The van der Waals surface area contributed by atoms with Crippen molar-refractivity contribution in [1.29, 1.82) is 0 Å². The highest BCUT2D eigenvalue weighted by molar-refractivity contribution is 6.51. The van der Waals surface area contributed by atoms with E-state index in [1.807, 2.05) is 81.4 Å². The molecule has 6 rings (SSSR count). The van der Waals surface area contributed by atoms with Crippen LogP contribution in [0.5, 0.6) is 0 Å². The van der Waals surface area contributed by atoms with E-state index in [1.165, 1.54) is 6.92 Å². The molecule has 6 heteroatoms. The van der Waals surface area contributed by atoms with E-state index in [2.05, 4.69) is 41.8 Å². The molecule has 0 aliphatic carbocycles. The lowest BCUT2D eigenvalue weighted by Crippen LogP contribution is -2.17. The molecule has 0 amide bonds. The lowest BCUT2D eigenvalue weighted by Gasteiger charge is -2.19. The Balaban J connectivity index is 1.63. The van der Waals surface area contributed by atoms with Gasteiger partial charge in [0.1, 0.15) is 0 Å². The summed E-state index contributed by atoms with van der Waals surface area (Å²) in [5.74, 6) is -0.520. The van der Waals surface area contributed by atoms with Crippen molar-refractivity contribution in [2.45, 2.75) is 73.8 Å². The fourth-order valence-electron chi connectivity index (χ4n) is 7.40. The molecule has 50 heavy (non-hydrogen) atoms. The number of carbonyl (C=O) groups is 3. The Morgan fingerprint density at radius 1 is 0.760 bits per heavy atom. The highest BCUT2D eigenvalue weighted by Crippen LogP contribution is 2.39. The number of carbonyl (C=O) groups excluding carboxylic acids is 3. The van der Waals surface area contributed by atoms with Crippen LogP contribution in [0.1, 0.15) is 95.0 Å². The second-order valence-corrected chi connectivity index (χ2v) is 13.4. The molecule has 0 aliphatic heterocycles. The lowest BCUT2D eigenvalue weighted by molar-refractivity contribution is -0.140. The van der Waals surface area contributed by atoms with Gasteiger partial charge in [-0.25, -0.2) is 4.79 Å².